The van der Waals surface area contributed by atoms with E-state index >= 15 is 0 Å². The third-order valence-corrected chi connectivity index (χ3v) is 3.47. The van der Waals surface area contributed by atoms with E-state index in [0.717, 1.165) is 18.2 Å². The molecule has 0 heterocycles. The monoisotopic (exact) mass is 361 g/mol. The van der Waals surface area contributed by atoms with Crippen LogP contribution in [0.3, 0.4) is 0 Å². The summed E-state index contributed by atoms with van der Waals surface area (Å²) in [5, 5.41) is 11.1. The van der Waals surface area contributed by atoms with Gasteiger partial charge in [0.05, 0.1) is 17.1 Å². The van der Waals surface area contributed by atoms with Crippen LogP contribution in [0.1, 0.15) is 34.6 Å². The van der Waals surface area contributed by atoms with Gasteiger partial charge < -0.3 is 9.47 Å². The molecule has 2 rings (SSSR count). The second-order valence-electron chi connectivity index (χ2n) is 5.29. The van der Waals surface area contributed by atoms with Crippen molar-refractivity contribution in [3.05, 3.63) is 69.5 Å². The summed E-state index contributed by atoms with van der Waals surface area (Å²) in [6, 6.07) is 8.45. The zero-order valence-electron chi connectivity index (χ0n) is 14.1. The van der Waals surface area contributed by atoms with Crippen LogP contribution in [0.15, 0.2) is 42.5 Å². The average Bonchev–Trinajstić information content (AvgIpc) is 2.62. The van der Waals surface area contributed by atoms with Crippen LogP contribution in [0.4, 0.5) is 10.1 Å². The van der Waals surface area contributed by atoms with Crippen LogP contribution >= 0.6 is 0 Å². The van der Waals surface area contributed by atoms with Crippen molar-refractivity contribution in [1.82, 2.24) is 0 Å². The topological polar surface area (TPSA) is 95.7 Å². The van der Waals surface area contributed by atoms with Crippen LogP contribution in [0.2, 0.25) is 0 Å². The van der Waals surface area contributed by atoms with Gasteiger partial charge in [0.15, 0.2) is 11.9 Å². The standard InChI is InChI=1S/C18H16FNO6/c1-3-25-16-9-6-13(10-15(16)20(23)24)18(22)26-11(2)17(21)12-4-7-14(19)8-5-12/h4-11H,3H2,1-2H3/t11-/m0/s1. The Kier molecular flexibility index (Phi) is 6.00. The van der Waals surface area contributed by atoms with E-state index in [-0.39, 0.29) is 29.2 Å². The number of Topliss-reactive ketones (excluding diaryl/α,β-unsaturated/α-hetero) is 1. The first kappa shape index (κ1) is 19.0. The minimum atomic E-state index is -1.14. The van der Waals surface area contributed by atoms with Gasteiger partial charge in [0.25, 0.3) is 0 Å². The highest BCUT2D eigenvalue weighted by atomic mass is 19.1. The number of nitro benzene ring substituents is 1. The summed E-state index contributed by atoms with van der Waals surface area (Å²) in [5.41, 5.74) is -0.276. The van der Waals surface area contributed by atoms with E-state index in [1.807, 2.05) is 0 Å². The lowest BCUT2D eigenvalue weighted by Gasteiger charge is -2.13. The molecule has 0 spiro atoms. The normalized spacial score (nSPS) is 11.5. The van der Waals surface area contributed by atoms with Crippen molar-refractivity contribution in [3.63, 3.8) is 0 Å². The summed E-state index contributed by atoms with van der Waals surface area (Å²) in [6.07, 6.45) is -1.14. The van der Waals surface area contributed by atoms with E-state index in [0.29, 0.717) is 0 Å². The van der Waals surface area contributed by atoms with Crippen LogP contribution in [-0.4, -0.2) is 29.4 Å². The van der Waals surface area contributed by atoms with Gasteiger partial charge in [-0.1, -0.05) is 0 Å². The molecule has 7 nitrogen and oxygen atoms in total. The summed E-state index contributed by atoms with van der Waals surface area (Å²) in [6.45, 7) is 3.27. The number of hydrogen-bond acceptors (Lipinski definition) is 6. The number of hydrogen-bond donors (Lipinski definition) is 0. The summed E-state index contributed by atoms with van der Waals surface area (Å²) >= 11 is 0. The molecule has 0 amide bonds. The molecule has 0 unspecified atom stereocenters. The molecule has 0 aromatic heterocycles. The molecule has 2 aromatic carbocycles. The molecule has 0 saturated carbocycles. The number of carbonyl (C=O) groups excluding carboxylic acids is 2. The summed E-state index contributed by atoms with van der Waals surface area (Å²) in [5.74, 6) is -1.87. The van der Waals surface area contributed by atoms with E-state index in [1.165, 1.54) is 31.2 Å². The van der Waals surface area contributed by atoms with E-state index in [9.17, 15) is 24.1 Å². The molecule has 0 aliphatic rings. The van der Waals surface area contributed by atoms with E-state index < -0.39 is 28.6 Å². The molecule has 136 valence electrons. The van der Waals surface area contributed by atoms with Crippen LogP contribution in [0.5, 0.6) is 5.75 Å². The Morgan fingerprint density at radius 3 is 2.35 bits per heavy atom. The van der Waals surface area contributed by atoms with Crippen molar-refractivity contribution in [2.24, 2.45) is 0 Å². The average molecular weight is 361 g/mol. The van der Waals surface area contributed by atoms with Gasteiger partial charge in [0, 0.05) is 11.6 Å². The predicted molar refractivity (Wildman–Crippen MR) is 89.9 cm³/mol. The van der Waals surface area contributed by atoms with Crippen molar-refractivity contribution >= 4 is 17.4 Å². The van der Waals surface area contributed by atoms with Crippen LogP contribution < -0.4 is 4.74 Å². The molecule has 26 heavy (non-hydrogen) atoms. The van der Waals surface area contributed by atoms with Gasteiger partial charge in [0.1, 0.15) is 5.82 Å². The Balaban J connectivity index is 2.16. The number of nitrogens with zero attached hydrogens (tertiary/aromatic N) is 1. The highest BCUT2D eigenvalue weighted by Gasteiger charge is 2.23. The maximum absolute atomic E-state index is 12.9. The first-order chi connectivity index (χ1) is 12.3. The fourth-order valence-corrected chi connectivity index (χ4v) is 2.20. The quantitative estimate of drug-likeness (QED) is 0.324. The fourth-order valence-electron chi connectivity index (χ4n) is 2.20. The third kappa shape index (κ3) is 4.41. The number of rotatable bonds is 7. The minimum absolute atomic E-state index is 0.0319. The molecule has 2 aromatic rings. The zero-order valence-corrected chi connectivity index (χ0v) is 14.1. The molecule has 0 aliphatic heterocycles. The first-order valence-corrected chi connectivity index (χ1v) is 7.75. The Hall–Kier alpha value is -3.29. The number of esters is 1. The summed E-state index contributed by atoms with van der Waals surface area (Å²) in [7, 11) is 0. The van der Waals surface area contributed by atoms with Gasteiger partial charge in [-0.3, -0.25) is 14.9 Å². The second kappa shape index (κ2) is 8.19. The maximum Gasteiger partial charge on any atom is 0.339 e. The van der Waals surface area contributed by atoms with E-state index in [4.69, 9.17) is 9.47 Å². The Morgan fingerprint density at radius 2 is 1.77 bits per heavy atom. The molecule has 0 saturated heterocycles. The summed E-state index contributed by atoms with van der Waals surface area (Å²) < 4.78 is 23.1. The highest BCUT2D eigenvalue weighted by Crippen LogP contribution is 2.28. The molecular formula is C18H16FNO6. The maximum atomic E-state index is 12.9. The summed E-state index contributed by atoms with van der Waals surface area (Å²) in [4.78, 5) is 34.8. The Morgan fingerprint density at radius 1 is 1.15 bits per heavy atom. The minimum Gasteiger partial charge on any atom is -0.487 e. The van der Waals surface area contributed by atoms with E-state index in [1.54, 1.807) is 6.92 Å². The van der Waals surface area contributed by atoms with Crippen molar-refractivity contribution in [2.45, 2.75) is 20.0 Å². The van der Waals surface area contributed by atoms with Gasteiger partial charge in [-0.05, 0) is 50.2 Å². The lowest BCUT2D eigenvalue weighted by atomic mass is 10.1. The number of ketones is 1. The Labute approximate surface area is 148 Å². The van der Waals surface area contributed by atoms with E-state index in [2.05, 4.69) is 0 Å². The molecule has 0 N–H and O–H groups in total. The Bertz CT molecular complexity index is 834. The second-order valence-corrected chi connectivity index (χ2v) is 5.29. The molecule has 0 bridgehead atoms. The molecule has 1 atom stereocenters. The SMILES string of the molecule is CCOc1ccc(C(=O)O[C@@H](C)C(=O)c2ccc(F)cc2)cc1[N+](=O)[O-]. The zero-order chi connectivity index (χ0) is 19.3. The lowest BCUT2D eigenvalue weighted by molar-refractivity contribution is -0.385. The van der Waals surface area contributed by atoms with Crippen LogP contribution in [0, 0.1) is 15.9 Å². The number of benzene rings is 2. The van der Waals surface area contributed by atoms with Crippen molar-refractivity contribution in [2.75, 3.05) is 6.61 Å². The van der Waals surface area contributed by atoms with Crippen molar-refractivity contribution < 1.29 is 28.4 Å². The number of halogens is 1. The third-order valence-electron chi connectivity index (χ3n) is 3.47. The van der Waals surface area contributed by atoms with Crippen LogP contribution in [0.25, 0.3) is 0 Å². The molecular weight excluding hydrogens is 345 g/mol. The van der Waals surface area contributed by atoms with Gasteiger partial charge >= 0.3 is 11.7 Å². The fraction of sp³-hybridized carbons (Fsp3) is 0.222. The number of ether oxygens (including phenoxy) is 2. The highest BCUT2D eigenvalue weighted by molar-refractivity contribution is 6.01. The largest absolute Gasteiger partial charge is 0.487 e. The van der Waals surface area contributed by atoms with Gasteiger partial charge in [0.2, 0.25) is 5.78 Å². The number of nitro groups is 1. The first-order valence-electron chi connectivity index (χ1n) is 7.75. The molecule has 0 aliphatic carbocycles. The van der Waals surface area contributed by atoms with Crippen LogP contribution in [-0.2, 0) is 4.74 Å². The molecule has 0 fully saturated rings. The van der Waals surface area contributed by atoms with Gasteiger partial charge in [-0.15, -0.1) is 0 Å². The molecule has 8 heteroatoms. The smallest absolute Gasteiger partial charge is 0.339 e. The lowest BCUT2D eigenvalue weighted by Crippen LogP contribution is -2.24. The number of carbonyl (C=O) groups is 2. The van der Waals surface area contributed by atoms with Crippen molar-refractivity contribution in [1.29, 1.82) is 0 Å². The van der Waals surface area contributed by atoms with Gasteiger partial charge in [-0.25, -0.2) is 9.18 Å². The predicted octanol–water partition coefficient (Wildman–Crippen LogP) is 3.56. The van der Waals surface area contributed by atoms with Gasteiger partial charge in [-0.2, -0.15) is 0 Å². The van der Waals surface area contributed by atoms with Crippen molar-refractivity contribution in [3.8, 4) is 5.75 Å². The molecule has 0 radical (unpaired) electrons.